The molecule has 2 heterocycles. The molecule has 0 aliphatic carbocycles. The summed E-state index contributed by atoms with van der Waals surface area (Å²) in [5, 5.41) is 2.60. The highest BCUT2D eigenvalue weighted by Gasteiger charge is 2.43. The van der Waals surface area contributed by atoms with Crippen LogP contribution in [0.2, 0.25) is 0 Å². The Morgan fingerprint density at radius 2 is 1.86 bits per heavy atom. The zero-order valence-corrected chi connectivity index (χ0v) is 13.1. The number of alkyl halides is 2. The zero-order chi connectivity index (χ0) is 16.3. The summed E-state index contributed by atoms with van der Waals surface area (Å²) < 4.78 is 26.3. The average molecular weight is 318 g/mol. The first-order valence-corrected chi connectivity index (χ1v) is 7.61. The van der Waals surface area contributed by atoms with Gasteiger partial charge in [-0.15, -0.1) is 0 Å². The van der Waals surface area contributed by atoms with Crippen LogP contribution in [0.15, 0.2) is 0 Å². The van der Waals surface area contributed by atoms with Crippen molar-refractivity contribution in [3.8, 4) is 0 Å². The molecule has 2 saturated heterocycles. The fourth-order valence-electron chi connectivity index (χ4n) is 2.78. The zero-order valence-electron chi connectivity index (χ0n) is 13.1. The van der Waals surface area contributed by atoms with E-state index in [9.17, 15) is 18.4 Å². The van der Waals surface area contributed by atoms with Gasteiger partial charge in [-0.3, -0.25) is 19.8 Å². The predicted octanol–water partition coefficient (Wildman–Crippen LogP) is -0.394. The number of carbonyl (C=O) groups is 2. The predicted molar refractivity (Wildman–Crippen MR) is 77.7 cm³/mol. The van der Waals surface area contributed by atoms with Gasteiger partial charge in [-0.2, -0.15) is 0 Å². The van der Waals surface area contributed by atoms with Crippen LogP contribution < -0.4 is 5.32 Å². The maximum atomic E-state index is 13.1. The Labute approximate surface area is 129 Å². The second-order valence-corrected chi connectivity index (χ2v) is 6.20. The third-order valence-electron chi connectivity index (χ3n) is 4.23. The summed E-state index contributed by atoms with van der Waals surface area (Å²) in [6, 6.07) is -0.767. The molecule has 1 atom stereocenters. The number of hydrogen-bond donors (Lipinski definition) is 1. The van der Waals surface area contributed by atoms with Gasteiger partial charge < -0.3 is 9.80 Å². The van der Waals surface area contributed by atoms with E-state index in [-0.39, 0.29) is 11.8 Å². The van der Waals surface area contributed by atoms with Crippen molar-refractivity contribution in [2.75, 3.05) is 53.4 Å². The van der Waals surface area contributed by atoms with Crippen molar-refractivity contribution < 1.29 is 18.4 Å². The van der Waals surface area contributed by atoms with Gasteiger partial charge in [0, 0.05) is 59.7 Å². The number of nitrogens with zero attached hydrogens (tertiary/aromatic N) is 3. The molecule has 0 radical (unpaired) electrons. The van der Waals surface area contributed by atoms with Crippen molar-refractivity contribution in [2.45, 2.75) is 24.8 Å². The Bertz CT molecular complexity index is 423. The number of hydrogen-bond acceptors (Lipinski definition) is 4. The lowest BCUT2D eigenvalue weighted by molar-refractivity contribution is -0.136. The molecule has 1 N–H and O–H groups in total. The summed E-state index contributed by atoms with van der Waals surface area (Å²) in [6.45, 7) is 2.65. The van der Waals surface area contributed by atoms with Crippen LogP contribution in [0.5, 0.6) is 0 Å². The minimum atomic E-state index is -2.78. The fraction of sp³-hybridized carbons (Fsp3) is 0.857. The quantitative estimate of drug-likeness (QED) is 0.767. The number of amides is 2. The van der Waals surface area contributed by atoms with Crippen LogP contribution in [0.1, 0.15) is 12.8 Å². The van der Waals surface area contributed by atoms with Crippen molar-refractivity contribution in [3.63, 3.8) is 0 Å². The Morgan fingerprint density at radius 1 is 1.23 bits per heavy atom. The van der Waals surface area contributed by atoms with Crippen LogP contribution in [-0.4, -0.2) is 91.8 Å². The molecule has 8 heteroatoms. The SMILES string of the molecule is CN(C)C(=O)CCN1CCN(C(=O)C2CC(F)(F)CN2)CC1. The molecular weight excluding hydrogens is 294 g/mol. The number of halogens is 2. The summed E-state index contributed by atoms with van der Waals surface area (Å²) in [6.07, 6.45) is 0.0424. The van der Waals surface area contributed by atoms with Gasteiger partial charge in [-0.25, -0.2) is 8.78 Å². The third-order valence-corrected chi connectivity index (χ3v) is 4.23. The maximum absolute atomic E-state index is 13.1. The summed E-state index contributed by atoms with van der Waals surface area (Å²) in [5.74, 6) is -2.94. The largest absolute Gasteiger partial charge is 0.349 e. The number of piperazine rings is 1. The minimum absolute atomic E-state index is 0.0795. The molecule has 0 aromatic rings. The molecule has 0 bridgehead atoms. The lowest BCUT2D eigenvalue weighted by Gasteiger charge is -2.35. The van der Waals surface area contributed by atoms with Gasteiger partial charge in [-0.05, 0) is 0 Å². The van der Waals surface area contributed by atoms with Crippen LogP contribution in [0.4, 0.5) is 8.78 Å². The van der Waals surface area contributed by atoms with E-state index in [0.29, 0.717) is 39.1 Å². The summed E-state index contributed by atoms with van der Waals surface area (Å²) in [4.78, 5) is 29.1. The normalized spacial score (nSPS) is 25.3. The first-order valence-electron chi connectivity index (χ1n) is 7.61. The summed E-state index contributed by atoms with van der Waals surface area (Å²) in [7, 11) is 3.45. The van der Waals surface area contributed by atoms with Crippen LogP contribution in [-0.2, 0) is 9.59 Å². The van der Waals surface area contributed by atoms with Gasteiger partial charge in [-0.1, -0.05) is 0 Å². The van der Waals surface area contributed by atoms with Crippen LogP contribution in [0.25, 0.3) is 0 Å². The first kappa shape index (κ1) is 17.1. The van der Waals surface area contributed by atoms with Gasteiger partial charge >= 0.3 is 0 Å². The Hall–Kier alpha value is -1.28. The van der Waals surface area contributed by atoms with Crippen LogP contribution >= 0.6 is 0 Å². The highest BCUT2D eigenvalue weighted by atomic mass is 19.3. The Morgan fingerprint density at radius 3 is 2.36 bits per heavy atom. The first-order chi connectivity index (χ1) is 10.3. The standard InChI is InChI=1S/C14H24F2N4O2/c1-18(2)12(21)3-4-19-5-7-20(8-6-19)13(22)11-9-14(15,16)10-17-11/h11,17H,3-10H2,1-2H3. The molecule has 0 spiro atoms. The van der Waals surface area contributed by atoms with Crippen LogP contribution in [0, 0.1) is 0 Å². The molecule has 6 nitrogen and oxygen atoms in total. The Kier molecular flexibility index (Phi) is 5.33. The molecule has 0 aromatic carbocycles. The molecule has 2 fully saturated rings. The van der Waals surface area contributed by atoms with E-state index < -0.39 is 24.9 Å². The van der Waals surface area contributed by atoms with E-state index in [1.165, 1.54) is 0 Å². The molecule has 2 aliphatic heterocycles. The summed E-state index contributed by atoms with van der Waals surface area (Å²) in [5.41, 5.74) is 0. The van der Waals surface area contributed by atoms with E-state index in [4.69, 9.17) is 0 Å². The van der Waals surface area contributed by atoms with Gasteiger partial charge in [0.2, 0.25) is 11.8 Å². The van der Waals surface area contributed by atoms with Gasteiger partial charge in [0.15, 0.2) is 0 Å². The lowest BCUT2D eigenvalue weighted by Crippen LogP contribution is -2.53. The summed E-state index contributed by atoms with van der Waals surface area (Å²) >= 11 is 0. The number of nitrogens with one attached hydrogen (secondary N) is 1. The second-order valence-electron chi connectivity index (χ2n) is 6.20. The van der Waals surface area contributed by atoms with E-state index in [1.807, 2.05) is 0 Å². The van der Waals surface area contributed by atoms with Gasteiger partial charge in [0.25, 0.3) is 5.92 Å². The van der Waals surface area contributed by atoms with Crippen molar-refractivity contribution in [2.24, 2.45) is 0 Å². The molecule has 2 rings (SSSR count). The molecule has 2 aliphatic rings. The molecule has 2 amide bonds. The topological polar surface area (TPSA) is 55.9 Å². The van der Waals surface area contributed by atoms with E-state index in [1.54, 1.807) is 23.9 Å². The number of rotatable bonds is 4. The highest BCUT2D eigenvalue weighted by molar-refractivity contribution is 5.82. The molecular formula is C14H24F2N4O2. The molecule has 0 aromatic heterocycles. The molecule has 126 valence electrons. The highest BCUT2D eigenvalue weighted by Crippen LogP contribution is 2.26. The van der Waals surface area contributed by atoms with E-state index in [2.05, 4.69) is 10.2 Å². The van der Waals surface area contributed by atoms with Crippen molar-refractivity contribution in [1.82, 2.24) is 20.0 Å². The van der Waals surface area contributed by atoms with Crippen molar-refractivity contribution in [3.05, 3.63) is 0 Å². The van der Waals surface area contributed by atoms with Crippen molar-refractivity contribution >= 4 is 11.8 Å². The lowest BCUT2D eigenvalue weighted by atomic mass is 10.1. The maximum Gasteiger partial charge on any atom is 0.262 e. The average Bonchev–Trinajstić information content (AvgIpc) is 2.84. The molecule has 22 heavy (non-hydrogen) atoms. The Balaban J connectivity index is 1.73. The fourth-order valence-corrected chi connectivity index (χ4v) is 2.78. The van der Waals surface area contributed by atoms with Gasteiger partial charge in [0.1, 0.15) is 0 Å². The second kappa shape index (κ2) is 6.87. The number of carbonyl (C=O) groups excluding carboxylic acids is 2. The van der Waals surface area contributed by atoms with Crippen LogP contribution in [0.3, 0.4) is 0 Å². The smallest absolute Gasteiger partial charge is 0.262 e. The van der Waals surface area contributed by atoms with E-state index >= 15 is 0 Å². The minimum Gasteiger partial charge on any atom is -0.349 e. The van der Waals surface area contributed by atoms with Crippen molar-refractivity contribution in [1.29, 1.82) is 0 Å². The monoisotopic (exact) mass is 318 g/mol. The van der Waals surface area contributed by atoms with E-state index in [0.717, 1.165) is 0 Å². The third kappa shape index (κ3) is 4.36. The molecule has 1 unspecified atom stereocenters. The molecule has 0 saturated carbocycles. The van der Waals surface area contributed by atoms with Gasteiger partial charge in [0.05, 0.1) is 12.6 Å².